The molecule has 254 valence electrons. The van der Waals surface area contributed by atoms with Crippen LogP contribution in [-0.2, 0) is 12.4 Å². The van der Waals surface area contributed by atoms with E-state index in [1.54, 1.807) is 26.0 Å². The molecule has 0 N–H and O–H groups in total. The van der Waals surface area contributed by atoms with Crippen LogP contribution in [0.15, 0.2) is 121 Å². The summed E-state index contributed by atoms with van der Waals surface area (Å²) in [7, 11) is -2.52. The van der Waals surface area contributed by atoms with Crippen LogP contribution in [0.2, 0.25) is 0 Å². The van der Waals surface area contributed by atoms with Crippen molar-refractivity contribution >= 4 is 42.4 Å². The van der Waals surface area contributed by atoms with Crippen LogP contribution in [0.3, 0.4) is 0 Å². The average Bonchev–Trinajstić information content (AvgIpc) is 3.55. The molecule has 3 atom stereocenters. The highest BCUT2D eigenvalue weighted by Gasteiger charge is 2.41. The highest BCUT2D eigenvalue weighted by molar-refractivity contribution is 7.80. The smallest absolute Gasteiger partial charge is 0.166 e. The van der Waals surface area contributed by atoms with E-state index < -0.39 is 39.3 Å². The third-order valence-corrected chi connectivity index (χ3v) is 14.9. The average molecular weight is 707 g/mol. The molecular weight excluding hydrogens is 668 g/mol. The fraction of sp³-hybridized carbons (Fsp3) is 0.268. The minimum atomic E-state index is -4.57. The minimum absolute atomic E-state index is 0.0559. The zero-order chi connectivity index (χ0) is 34.9. The van der Waals surface area contributed by atoms with Crippen LogP contribution >= 0.6 is 15.8 Å². The lowest BCUT2D eigenvalue weighted by Gasteiger charge is -2.36. The van der Waals surface area contributed by atoms with Crippen LogP contribution in [-0.4, -0.2) is 5.66 Å². The molecule has 0 aromatic heterocycles. The molecule has 5 aromatic rings. The van der Waals surface area contributed by atoms with E-state index in [-0.39, 0.29) is 17.5 Å². The van der Waals surface area contributed by atoms with Crippen LogP contribution in [0.1, 0.15) is 59.9 Å². The van der Waals surface area contributed by atoms with Crippen molar-refractivity contribution in [2.24, 2.45) is 5.92 Å². The summed E-state index contributed by atoms with van der Waals surface area (Å²) in [6, 6.07) is 37.5. The Labute approximate surface area is 287 Å². The molecule has 0 bridgehead atoms. The second-order valence-corrected chi connectivity index (χ2v) is 17.8. The van der Waals surface area contributed by atoms with E-state index in [2.05, 4.69) is 79.7 Å². The molecule has 6 rings (SSSR count). The van der Waals surface area contributed by atoms with Gasteiger partial charge in [-0.2, -0.15) is 26.3 Å². The van der Waals surface area contributed by atoms with Crippen molar-refractivity contribution in [3.05, 3.63) is 149 Å². The Balaban J connectivity index is 1.49. The number of alkyl halides is 6. The summed E-state index contributed by atoms with van der Waals surface area (Å²) in [5.74, 6) is 0.160. The Morgan fingerprint density at radius 2 is 1.04 bits per heavy atom. The summed E-state index contributed by atoms with van der Waals surface area (Å²) < 4.78 is 84.9. The molecule has 1 aliphatic carbocycles. The van der Waals surface area contributed by atoms with E-state index in [0.717, 1.165) is 31.4 Å². The SMILES string of the molecule is Cc1cc(P(c2cc(C)cc(C(F)(F)F)c2)[C@H](C)C2CCCC2c2ccccc2P(c2ccccc2)c2ccccc2)cc(C(F)(F)F)c1. The molecule has 0 heterocycles. The minimum Gasteiger partial charge on any atom is -0.166 e. The first-order valence-corrected chi connectivity index (χ1v) is 19.2. The monoisotopic (exact) mass is 706 g/mol. The summed E-state index contributed by atoms with van der Waals surface area (Å²) in [5, 5.41) is 4.61. The molecule has 0 saturated heterocycles. The molecule has 5 aromatic carbocycles. The first kappa shape index (κ1) is 35.4. The Bertz CT molecular complexity index is 1780. The van der Waals surface area contributed by atoms with Gasteiger partial charge >= 0.3 is 12.4 Å². The van der Waals surface area contributed by atoms with Gasteiger partial charge in [-0.15, -0.1) is 0 Å². The maximum Gasteiger partial charge on any atom is 0.416 e. The molecule has 0 amide bonds. The molecule has 0 nitrogen and oxygen atoms in total. The third kappa shape index (κ3) is 7.82. The van der Waals surface area contributed by atoms with Gasteiger partial charge in [0.2, 0.25) is 0 Å². The first-order valence-electron chi connectivity index (χ1n) is 16.5. The van der Waals surface area contributed by atoms with E-state index in [1.807, 2.05) is 12.1 Å². The molecular formula is C41H38F6P2. The Kier molecular flexibility index (Phi) is 10.4. The normalized spacial score (nSPS) is 17.5. The van der Waals surface area contributed by atoms with Gasteiger partial charge in [0, 0.05) is 0 Å². The predicted octanol–water partition coefficient (Wildman–Crippen LogP) is 10.5. The van der Waals surface area contributed by atoms with Gasteiger partial charge in [0.25, 0.3) is 0 Å². The second kappa shape index (κ2) is 14.4. The first-order chi connectivity index (χ1) is 23.3. The Morgan fingerprint density at radius 1 is 0.571 bits per heavy atom. The van der Waals surface area contributed by atoms with Crippen molar-refractivity contribution in [1.82, 2.24) is 0 Å². The number of halogens is 6. The lowest BCUT2D eigenvalue weighted by molar-refractivity contribution is -0.138. The van der Waals surface area contributed by atoms with E-state index in [4.69, 9.17) is 0 Å². The zero-order valence-electron chi connectivity index (χ0n) is 27.6. The quantitative estimate of drug-likeness (QED) is 0.111. The summed E-state index contributed by atoms with van der Waals surface area (Å²) in [5.41, 5.74) is 0.383. The molecule has 0 radical (unpaired) electrons. The number of hydrogen-bond acceptors (Lipinski definition) is 0. The van der Waals surface area contributed by atoms with Crippen LogP contribution < -0.4 is 26.5 Å². The van der Waals surface area contributed by atoms with Gasteiger partial charge in [0.1, 0.15) is 0 Å². The largest absolute Gasteiger partial charge is 0.416 e. The van der Waals surface area contributed by atoms with Gasteiger partial charge in [-0.05, 0) is 128 Å². The summed E-state index contributed by atoms with van der Waals surface area (Å²) >= 11 is 0. The predicted molar refractivity (Wildman–Crippen MR) is 193 cm³/mol. The van der Waals surface area contributed by atoms with Crippen LogP contribution in [0, 0.1) is 19.8 Å². The molecule has 1 fully saturated rings. The number of hydrogen-bond donors (Lipinski definition) is 0. The van der Waals surface area contributed by atoms with Crippen molar-refractivity contribution in [2.75, 3.05) is 0 Å². The second-order valence-electron chi connectivity index (χ2n) is 13.0. The fourth-order valence-corrected chi connectivity index (χ4v) is 13.2. The molecule has 1 saturated carbocycles. The standard InChI is InChI=1S/C41H38F6P2/c1-27-21-30(40(42,43)44)25-34(23-27)48(35-24-28(2)22-31(26-35)41(45,46)47)29(3)36-18-12-19-37(36)38-17-10-11-20-39(38)49(32-13-6-4-7-14-32)33-15-8-5-9-16-33/h4-11,13-17,20-26,29,36-37H,12,18-19H2,1-3H3/t29-,36?,37?/m1/s1. The maximum absolute atomic E-state index is 14.1. The summed E-state index contributed by atoms with van der Waals surface area (Å²) in [4.78, 5) is 0. The van der Waals surface area contributed by atoms with Gasteiger partial charge < -0.3 is 0 Å². The molecule has 0 aliphatic heterocycles. The van der Waals surface area contributed by atoms with Gasteiger partial charge in [0.15, 0.2) is 0 Å². The van der Waals surface area contributed by atoms with Crippen molar-refractivity contribution in [3.63, 3.8) is 0 Å². The number of rotatable bonds is 8. The van der Waals surface area contributed by atoms with E-state index in [1.165, 1.54) is 33.6 Å². The lowest BCUT2D eigenvalue weighted by Crippen LogP contribution is -2.31. The highest BCUT2D eigenvalue weighted by Crippen LogP contribution is 2.54. The number of benzene rings is 5. The van der Waals surface area contributed by atoms with Crippen molar-refractivity contribution in [2.45, 2.75) is 64.0 Å². The summed E-state index contributed by atoms with van der Waals surface area (Å²) in [6.07, 6.45) is -6.45. The fourth-order valence-electron chi connectivity index (χ4n) is 7.48. The lowest BCUT2D eigenvalue weighted by atomic mass is 9.87. The van der Waals surface area contributed by atoms with Gasteiger partial charge in [-0.3, -0.25) is 0 Å². The van der Waals surface area contributed by atoms with Crippen LogP contribution in [0.5, 0.6) is 0 Å². The molecule has 2 unspecified atom stereocenters. The zero-order valence-corrected chi connectivity index (χ0v) is 29.4. The molecule has 8 heteroatoms. The van der Waals surface area contributed by atoms with E-state index in [9.17, 15) is 26.3 Å². The van der Waals surface area contributed by atoms with Crippen molar-refractivity contribution < 1.29 is 26.3 Å². The number of aryl methyl sites for hydroxylation is 2. The van der Waals surface area contributed by atoms with Crippen molar-refractivity contribution in [3.8, 4) is 0 Å². The Hall–Kier alpha value is -3.46. The molecule has 49 heavy (non-hydrogen) atoms. The van der Waals surface area contributed by atoms with Gasteiger partial charge in [-0.1, -0.05) is 110 Å². The third-order valence-electron chi connectivity index (χ3n) is 9.54. The summed E-state index contributed by atoms with van der Waals surface area (Å²) in [6.45, 7) is 5.30. The topological polar surface area (TPSA) is 0 Å². The van der Waals surface area contributed by atoms with E-state index >= 15 is 0 Å². The van der Waals surface area contributed by atoms with E-state index in [0.29, 0.717) is 21.7 Å². The van der Waals surface area contributed by atoms with Crippen LogP contribution in [0.4, 0.5) is 26.3 Å². The molecule has 0 spiro atoms. The Morgan fingerprint density at radius 3 is 1.53 bits per heavy atom. The van der Waals surface area contributed by atoms with Gasteiger partial charge in [0.05, 0.1) is 11.1 Å². The maximum atomic E-state index is 14.1. The molecule has 1 aliphatic rings. The van der Waals surface area contributed by atoms with Gasteiger partial charge in [-0.25, -0.2) is 0 Å². The highest BCUT2D eigenvalue weighted by atomic mass is 31.1. The van der Waals surface area contributed by atoms with Crippen molar-refractivity contribution in [1.29, 1.82) is 0 Å². The van der Waals surface area contributed by atoms with Crippen LogP contribution in [0.25, 0.3) is 0 Å².